The van der Waals surface area contributed by atoms with Crippen molar-refractivity contribution in [3.05, 3.63) is 54.1 Å². The maximum atomic E-state index is 12.9. The van der Waals surface area contributed by atoms with Crippen LogP contribution in [-0.4, -0.2) is 36.9 Å². The standard InChI is InChI=1S/C16H19NO4S/c1-3-8-17(9-4-2)22(20,21)15-11-13(16(18)19)10-12-6-5-7-14(12)15/h3-4,10-11H,1-2,5-9H2,(H,18,19). The minimum absolute atomic E-state index is 0.0105. The van der Waals surface area contributed by atoms with Crippen LogP contribution >= 0.6 is 0 Å². The van der Waals surface area contributed by atoms with E-state index in [1.165, 1.54) is 22.5 Å². The van der Waals surface area contributed by atoms with Crippen molar-refractivity contribution < 1.29 is 18.3 Å². The van der Waals surface area contributed by atoms with Crippen LogP contribution in [0.2, 0.25) is 0 Å². The molecule has 0 spiro atoms. The van der Waals surface area contributed by atoms with Gasteiger partial charge < -0.3 is 5.11 Å². The second-order valence-electron chi connectivity index (χ2n) is 5.17. The first-order valence-corrected chi connectivity index (χ1v) is 8.47. The lowest BCUT2D eigenvalue weighted by atomic mass is 10.1. The van der Waals surface area contributed by atoms with Crippen LogP contribution in [0.3, 0.4) is 0 Å². The fourth-order valence-electron chi connectivity index (χ4n) is 2.72. The first-order valence-electron chi connectivity index (χ1n) is 7.03. The molecule has 1 aromatic rings. The lowest BCUT2D eigenvalue weighted by Gasteiger charge is -2.21. The summed E-state index contributed by atoms with van der Waals surface area (Å²) < 4.78 is 27.0. The summed E-state index contributed by atoms with van der Waals surface area (Å²) in [6, 6.07) is 2.84. The molecule has 0 radical (unpaired) electrons. The van der Waals surface area contributed by atoms with Crippen molar-refractivity contribution >= 4 is 16.0 Å². The van der Waals surface area contributed by atoms with Crippen LogP contribution in [0.1, 0.15) is 27.9 Å². The summed E-state index contributed by atoms with van der Waals surface area (Å²) in [5.41, 5.74) is 1.56. The molecule has 0 aliphatic heterocycles. The van der Waals surface area contributed by atoms with Gasteiger partial charge in [0.25, 0.3) is 0 Å². The molecule has 6 heteroatoms. The molecule has 1 N–H and O–H groups in total. The van der Waals surface area contributed by atoms with Gasteiger partial charge in [-0.05, 0) is 42.5 Å². The van der Waals surface area contributed by atoms with Crippen molar-refractivity contribution in [2.24, 2.45) is 0 Å². The molecule has 0 saturated heterocycles. The van der Waals surface area contributed by atoms with Crippen LogP contribution in [0.15, 0.2) is 42.3 Å². The van der Waals surface area contributed by atoms with Gasteiger partial charge in [-0.25, -0.2) is 13.2 Å². The monoisotopic (exact) mass is 321 g/mol. The summed E-state index contributed by atoms with van der Waals surface area (Å²) in [6.45, 7) is 7.45. The average molecular weight is 321 g/mol. The summed E-state index contributed by atoms with van der Waals surface area (Å²) in [6.07, 6.45) is 5.20. The average Bonchev–Trinajstić information content (AvgIpc) is 2.93. The Morgan fingerprint density at radius 2 is 1.86 bits per heavy atom. The number of sulfonamides is 1. The number of hydrogen-bond acceptors (Lipinski definition) is 3. The van der Waals surface area contributed by atoms with Gasteiger partial charge in [-0.15, -0.1) is 13.2 Å². The molecule has 0 amide bonds. The van der Waals surface area contributed by atoms with Crippen molar-refractivity contribution in [1.82, 2.24) is 4.31 Å². The van der Waals surface area contributed by atoms with Crippen molar-refractivity contribution in [2.45, 2.75) is 24.2 Å². The molecular weight excluding hydrogens is 302 g/mol. The zero-order valence-corrected chi connectivity index (χ0v) is 13.1. The normalized spacial score (nSPS) is 13.9. The third-order valence-electron chi connectivity index (χ3n) is 3.70. The number of fused-ring (bicyclic) bond motifs is 1. The number of aromatic carboxylic acids is 1. The van der Waals surface area contributed by atoms with Crippen LogP contribution in [0, 0.1) is 0 Å². The van der Waals surface area contributed by atoms with Crippen molar-refractivity contribution in [3.63, 3.8) is 0 Å². The van der Waals surface area contributed by atoms with Crippen LogP contribution in [0.25, 0.3) is 0 Å². The Balaban J connectivity index is 2.61. The second-order valence-corrected chi connectivity index (χ2v) is 7.08. The topological polar surface area (TPSA) is 74.7 Å². The Morgan fingerprint density at radius 3 is 2.41 bits per heavy atom. The number of aryl methyl sites for hydroxylation is 1. The number of carbonyl (C=O) groups is 1. The van der Waals surface area contributed by atoms with E-state index in [1.54, 1.807) is 6.07 Å². The van der Waals surface area contributed by atoms with E-state index in [9.17, 15) is 18.3 Å². The van der Waals surface area contributed by atoms with E-state index in [0.717, 1.165) is 17.5 Å². The number of benzene rings is 1. The van der Waals surface area contributed by atoms with Crippen molar-refractivity contribution in [3.8, 4) is 0 Å². The summed E-state index contributed by atoms with van der Waals surface area (Å²) in [4.78, 5) is 11.4. The summed E-state index contributed by atoms with van der Waals surface area (Å²) in [5.74, 6) is -1.12. The fourth-order valence-corrected chi connectivity index (χ4v) is 4.42. The first-order chi connectivity index (χ1) is 10.4. The molecule has 2 rings (SSSR count). The van der Waals surface area contributed by atoms with Crippen LogP contribution < -0.4 is 0 Å². The highest BCUT2D eigenvalue weighted by Gasteiger charge is 2.29. The SMILES string of the molecule is C=CCN(CC=C)S(=O)(=O)c1cc(C(=O)O)cc2c1CCC2. The number of rotatable bonds is 7. The fraction of sp³-hybridized carbons (Fsp3) is 0.312. The lowest BCUT2D eigenvalue weighted by molar-refractivity contribution is 0.0696. The molecule has 0 unspecified atom stereocenters. The Bertz CT molecular complexity index is 712. The maximum absolute atomic E-state index is 12.9. The van der Waals surface area contributed by atoms with E-state index >= 15 is 0 Å². The van der Waals surface area contributed by atoms with Gasteiger partial charge in [0.1, 0.15) is 0 Å². The summed E-state index contributed by atoms with van der Waals surface area (Å²) in [7, 11) is -3.78. The van der Waals surface area contributed by atoms with E-state index in [2.05, 4.69) is 13.2 Å². The molecule has 0 aromatic heterocycles. The van der Waals surface area contributed by atoms with E-state index in [-0.39, 0.29) is 23.5 Å². The van der Waals surface area contributed by atoms with E-state index in [1.807, 2.05) is 0 Å². The van der Waals surface area contributed by atoms with Gasteiger partial charge >= 0.3 is 5.97 Å². The van der Waals surface area contributed by atoms with Gasteiger partial charge in [0, 0.05) is 13.1 Å². The van der Waals surface area contributed by atoms with Crippen molar-refractivity contribution in [2.75, 3.05) is 13.1 Å². The zero-order chi connectivity index (χ0) is 16.3. The largest absolute Gasteiger partial charge is 0.478 e. The van der Waals surface area contributed by atoms with Gasteiger partial charge in [-0.3, -0.25) is 0 Å². The molecule has 22 heavy (non-hydrogen) atoms. The highest BCUT2D eigenvalue weighted by Crippen LogP contribution is 2.31. The third-order valence-corrected chi connectivity index (χ3v) is 5.60. The number of hydrogen-bond donors (Lipinski definition) is 1. The number of nitrogens with zero attached hydrogens (tertiary/aromatic N) is 1. The molecule has 0 saturated carbocycles. The van der Waals surface area contributed by atoms with E-state index in [0.29, 0.717) is 12.8 Å². The Kier molecular flexibility index (Phi) is 4.83. The Morgan fingerprint density at radius 1 is 1.23 bits per heavy atom. The highest BCUT2D eigenvalue weighted by atomic mass is 32.2. The predicted molar refractivity (Wildman–Crippen MR) is 84.6 cm³/mol. The van der Waals surface area contributed by atoms with Gasteiger partial charge in [-0.2, -0.15) is 4.31 Å². The number of carboxylic acids is 1. The molecule has 5 nitrogen and oxygen atoms in total. The molecule has 0 fully saturated rings. The molecular formula is C16H19NO4S. The zero-order valence-electron chi connectivity index (χ0n) is 12.3. The number of carboxylic acid groups (broad SMARTS) is 1. The minimum Gasteiger partial charge on any atom is -0.478 e. The first kappa shape index (κ1) is 16.5. The second kappa shape index (κ2) is 6.46. The van der Waals surface area contributed by atoms with Gasteiger partial charge in [-0.1, -0.05) is 12.2 Å². The molecule has 1 aromatic carbocycles. The lowest BCUT2D eigenvalue weighted by Crippen LogP contribution is -2.32. The van der Waals surface area contributed by atoms with Gasteiger partial charge in [0.15, 0.2) is 0 Å². The molecule has 1 aliphatic carbocycles. The Labute approximate surface area is 130 Å². The van der Waals surface area contributed by atoms with Crippen LogP contribution in [0.5, 0.6) is 0 Å². The van der Waals surface area contributed by atoms with E-state index in [4.69, 9.17) is 0 Å². The minimum atomic E-state index is -3.78. The molecule has 0 heterocycles. The molecule has 1 aliphatic rings. The molecule has 0 atom stereocenters. The van der Waals surface area contributed by atoms with Crippen molar-refractivity contribution in [1.29, 1.82) is 0 Å². The smallest absolute Gasteiger partial charge is 0.335 e. The third kappa shape index (κ3) is 2.98. The Hall–Kier alpha value is -1.92. The summed E-state index contributed by atoms with van der Waals surface area (Å²) >= 11 is 0. The van der Waals surface area contributed by atoms with Gasteiger partial charge in [0.05, 0.1) is 10.5 Å². The maximum Gasteiger partial charge on any atom is 0.335 e. The molecule has 118 valence electrons. The predicted octanol–water partition coefficient (Wildman–Crippen LogP) is 2.24. The van der Waals surface area contributed by atoms with Gasteiger partial charge in [0.2, 0.25) is 10.0 Å². The molecule has 0 bridgehead atoms. The highest BCUT2D eigenvalue weighted by molar-refractivity contribution is 7.89. The van der Waals surface area contributed by atoms with Crippen LogP contribution in [0.4, 0.5) is 0 Å². The van der Waals surface area contributed by atoms with Crippen LogP contribution in [-0.2, 0) is 22.9 Å². The van der Waals surface area contributed by atoms with E-state index < -0.39 is 16.0 Å². The summed E-state index contributed by atoms with van der Waals surface area (Å²) in [5, 5.41) is 9.21. The quantitative estimate of drug-likeness (QED) is 0.782.